The Morgan fingerprint density at radius 1 is 1.21 bits per heavy atom. The Morgan fingerprint density at radius 2 is 1.97 bits per heavy atom. The molecule has 7 nitrogen and oxygen atoms in total. The lowest BCUT2D eigenvalue weighted by molar-refractivity contribution is -0.112. The van der Waals surface area contributed by atoms with Crippen LogP contribution < -0.4 is 10.6 Å². The van der Waals surface area contributed by atoms with Gasteiger partial charge in [0, 0.05) is 6.20 Å². The predicted molar refractivity (Wildman–Crippen MR) is 110 cm³/mol. The molecule has 2 aromatic rings. The third kappa shape index (κ3) is 6.11. The van der Waals surface area contributed by atoms with Crippen molar-refractivity contribution in [2.24, 2.45) is 0 Å². The second kappa shape index (κ2) is 10.5. The number of unbranched alkanes of at least 4 members (excludes halogenated alkanes) is 1. The van der Waals surface area contributed by atoms with Gasteiger partial charge in [-0.25, -0.2) is 4.79 Å². The van der Waals surface area contributed by atoms with Crippen LogP contribution in [0.2, 0.25) is 0 Å². The molecule has 0 saturated heterocycles. The number of carbonyl (C=O) groups is 2. The van der Waals surface area contributed by atoms with E-state index in [2.05, 4.69) is 10.6 Å². The average Bonchev–Trinajstić information content (AvgIpc) is 2.71. The van der Waals surface area contributed by atoms with Crippen LogP contribution >= 0.6 is 0 Å². The second-order valence-electron chi connectivity index (χ2n) is 6.32. The fourth-order valence-corrected chi connectivity index (χ4v) is 2.41. The number of hydrogen-bond donors (Lipinski definition) is 3. The number of aromatic hydroxyl groups is 1. The van der Waals surface area contributed by atoms with Gasteiger partial charge >= 0.3 is 5.97 Å². The minimum Gasteiger partial charge on any atom is -0.506 e. The summed E-state index contributed by atoms with van der Waals surface area (Å²) >= 11 is 0. The molecular formula is C22H23N3O4. The van der Waals surface area contributed by atoms with Gasteiger partial charge in [-0.3, -0.25) is 4.79 Å². The van der Waals surface area contributed by atoms with Gasteiger partial charge in [0.2, 0.25) is 0 Å². The standard InChI is InChI=1S/C22H23N3O4/c1-3-4-11-29-22(28)17-7-5-6-8-18(17)25-21(27)16(13-23)14-24-19-12-15(2)9-10-20(19)26/h5-10,12,14,24,26H,3-4,11H2,1-2H3,(H,25,27)/b16-14-. The summed E-state index contributed by atoms with van der Waals surface area (Å²) in [5.74, 6) is -1.25. The number of nitrogens with one attached hydrogen (secondary N) is 2. The van der Waals surface area contributed by atoms with E-state index in [1.807, 2.05) is 13.8 Å². The van der Waals surface area contributed by atoms with E-state index in [1.165, 1.54) is 12.3 Å². The van der Waals surface area contributed by atoms with Crippen molar-refractivity contribution in [3.63, 3.8) is 0 Å². The molecule has 0 aromatic heterocycles. The summed E-state index contributed by atoms with van der Waals surface area (Å²) in [7, 11) is 0. The van der Waals surface area contributed by atoms with Gasteiger partial charge in [0.05, 0.1) is 23.5 Å². The van der Waals surface area contributed by atoms with E-state index in [0.717, 1.165) is 18.4 Å². The number of benzene rings is 2. The topological polar surface area (TPSA) is 111 Å². The molecule has 29 heavy (non-hydrogen) atoms. The van der Waals surface area contributed by atoms with E-state index in [4.69, 9.17) is 4.74 Å². The number of nitrogens with zero attached hydrogens (tertiary/aromatic N) is 1. The largest absolute Gasteiger partial charge is 0.506 e. The van der Waals surface area contributed by atoms with Crippen LogP contribution in [0.3, 0.4) is 0 Å². The number of anilines is 2. The zero-order valence-corrected chi connectivity index (χ0v) is 16.4. The molecule has 0 unspecified atom stereocenters. The highest BCUT2D eigenvalue weighted by Gasteiger charge is 2.16. The minimum atomic E-state index is -0.694. The number of amides is 1. The Balaban J connectivity index is 2.14. The fourth-order valence-electron chi connectivity index (χ4n) is 2.41. The van der Waals surface area contributed by atoms with Gasteiger partial charge in [-0.2, -0.15) is 5.26 Å². The first-order valence-electron chi connectivity index (χ1n) is 9.20. The molecule has 1 amide bonds. The average molecular weight is 393 g/mol. The van der Waals surface area contributed by atoms with Crippen molar-refractivity contribution in [3.05, 3.63) is 65.4 Å². The van der Waals surface area contributed by atoms with Crippen molar-refractivity contribution in [1.82, 2.24) is 0 Å². The molecule has 0 bridgehead atoms. The van der Waals surface area contributed by atoms with Crippen LogP contribution in [0.1, 0.15) is 35.7 Å². The smallest absolute Gasteiger partial charge is 0.340 e. The minimum absolute atomic E-state index is 0.00952. The summed E-state index contributed by atoms with van der Waals surface area (Å²) in [6.07, 6.45) is 2.84. The van der Waals surface area contributed by atoms with E-state index in [1.54, 1.807) is 42.5 Å². The zero-order valence-electron chi connectivity index (χ0n) is 16.4. The van der Waals surface area contributed by atoms with Crippen LogP contribution in [-0.4, -0.2) is 23.6 Å². The van der Waals surface area contributed by atoms with Crippen molar-refractivity contribution >= 4 is 23.3 Å². The van der Waals surface area contributed by atoms with Gasteiger partial charge in [0.25, 0.3) is 5.91 Å². The first kappa shape index (κ1) is 21.5. The molecule has 0 aliphatic carbocycles. The highest BCUT2D eigenvalue weighted by atomic mass is 16.5. The molecule has 0 aliphatic heterocycles. The number of esters is 1. The van der Waals surface area contributed by atoms with Crippen LogP contribution in [0.15, 0.2) is 54.2 Å². The lowest BCUT2D eigenvalue weighted by Crippen LogP contribution is -2.18. The lowest BCUT2D eigenvalue weighted by atomic mass is 10.1. The molecule has 150 valence electrons. The lowest BCUT2D eigenvalue weighted by Gasteiger charge is -2.11. The number of phenols is 1. The molecule has 0 aliphatic rings. The molecule has 0 spiro atoms. The van der Waals surface area contributed by atoms with E-state index in [-0.39, 0.29) is 22.6 Å². The Kier molecular flexibility index (Phi) is 7.80. The maximum atomic E-state index is 12.5. The first-order chi connectivity index (χ1) is 14.0. The number of nitriles is 1. The Morgan fingerprint density at radius 3 is 2.69 bits per heavy atom. The van der Waals surface area contributed by atoms with Gasteiger partial charge in [0.1, 0.15) is 17.4 Å². The summed E-state index contributed by atoms with van der Waals surface area (Å²) in [5.41, 5.74) is 1.50. The van der Waals surface area contributed by atoms with Crippen molar-refractivity contribution in [3.8, 4) is 11.8 Å². The number of phenolic OH excluding ortho intramolecular Hbond substituents is 1. The van der Waals surface area contributed by atoms with E-state index >= 15 is 0 Å². The third-order valence-electron chi connectivity index (χ3n) is 4.02. The third-order valence-corrected chi connectivity index (χ3v) is 4.02. The number of para-hydroxylation sites is 1. The maximum absolute atomic E-state index is 12.5. The molecule has 3 N–H and O–H groups in total. The van der Waals surface area contributed by atoms with Gasteiger partial charge in [-0.1, -0.05) is 31.5 Å². The van der Waals surface area contributed by atoms with Crippen LogP contribution in [0.25, 0.3) is 0 Å². The monoisotopic (exact) mass is 393 g/mol. The molecule has 0 atom stereocenters. The molecule has 2 aromatic carbocycles. The molecule has 0 fully saturated rings. The van der Waals surface area contributed by atoms with E-state index in [9.17, 15) is 20.0 Å². The van der Waals surface area contributed by atoms with Crippen molar-refractivity contribution < 1.29 is 19.4 Å². The highest BCUT2D eigenvalue weighted by molar-refractivity contribution is 6.09. The zero-order chi connectivity index (χ0) is 21.2. The number of ether oxygens (including phenoxy) is 1. The quantitative estimate of drug-likeness (QED) is 0.205. The molecule has 0 radical (unpaired) electrons. The first-order valence-corrected chi connectivity index (χ1v) is 9.20. The summed E-state index contributed by atoms with van der Waals surface area (Å²) in [6, 6.07) is 13.2. The summed E-state index contributed by atoms with van der Waals surface area (Å²) in [6.45, 7) is 4.13. The van der Waals surface area contributed by atoms with Gasteiger partial charge in [-0.15, -0.1) is 0 Å². The molecule has 7 heteroatoms. The molecule has 0 saturated carbocycles. The second-order valence-corrected chi connectivity index (χ2v) is 6.32. The van der Waals surface area contributed by atoms with Gasteiger partial charge in [-0.05, 0) is 43.2 Å². The predicted octanol–water partition coefficient (Wildman–Crippen LogP) is 4.12. The molecule has 0 heterocycles. The van der Waals surface area contributed by atoms with Crippen LogP contribution in [0, 0.1) is 18.3 Å². The van der Waals surface area contributed by atoms with Gasteiger partial charge < -0.3 is 20.5 Å². The Bertz CT molecular complexity index is 961. The van der Waals surface area contributed by atoms with Crippen molar-refractivity contribution in [2.45, 2.75) is 26.7 Å². The van der Waals surface area contributed by atoms with E-state index in [0.29, 0.717) is 12.3 Å². The van der Waals surface area contributed by atoms with Crippen LogP contribution in [0.4, 0.5) is 11.4 Å². The van der Waals surface area contributed by atoms with E-state index < -0.39 is 11.9 Å². The van der Waals surface area contributed by atoms with Gasteiger partial charge in [0.15, 0.2) is 0 Å². The number of hydrogen-bond acceptors (Lipinski definition) is 6. The van der Waals surface area contributed by atoms with Crippen molar-refractivity contribution in [1.29, 1.82) is 5.26 Å². The number of rotatable bonds is 8. The SMILES string of the molecule is CCCCOC(=O)c1ccccc1NC(=O)/C(C#N)=C\Nc1cc(C)ccc1O. The Labute approximate surface area is 169 Å². The van der Waals surface area contributed by atoms with Crippen LogP contribution in [-0.2, 0) is 9.53 Å². The highest BCUT2D eigenvalue weighted by Crippen LogP contribution is 2.24. The maximum Gasteiger partial charge on any atom is 0.340 e. The molecular weight excluding hydrogens is 370 g/mol. The summed E-state index contributed by atoms with van der Waals surface area (Å²) in [4.78, 5) is 24.7. The molecule has 2 rings (SSSR count). The number of carbonyl (C=O) groups excluding carboxylic acids is 2. The normalized spacial score (nSPS) is 10.7. The Hall–Kier alpha value is -3.79. The van der Waals surface area contributed by atoms with Crippen molar-refractivity contribution in [2.75, 3.05) is 17.2 Å². The number of aryl methyl sites for hydroxylation is 1. The van der Waals surface area contributed by atoms with Crippen LogP contribution in [0.5, 0.6) is 5.75 Å². The fraction of sp³-hybridized carbons (Fsp3) is 0.227. The summed E-state index contributed by atoms with van der Waals surface area (Å²) < 4.78 is 5.20. The summed E-state index contributed by atoms with van der Waals surface area (Å²) in [5, 5.41) is 24.5.